The van der Waals surface area contributed by atoms with Crippen LogP contribution in [-0.2, 0) is 0 Å². The Morgan fingerprint density at radius 3 is 2.66 bits per heavy atom. The largest absolute Gasteiger partial charge is 0.497 e. The number of methoxy groups -OCH3 is 1. The van der Waals surface area contributed by atoms with Gasteiger partial charge in [0, 0.05) is 17.5 Å². The van der Waals surface area contributed by atoms with Gasteiger partial charge in [0.15, 0.2) is 0 Å². The lowest BCUT2D eigenvalue weighted by Gasteiger charge is -2.38. The molecular weight excluding hydrogens is 391 g/mol. The fourth-order valence-electron chi connectivity index (χ4n) is 3.88. The molecule has 0 saturated heterocycles. The van der Waals surface area contributed by atoms with Crippen LogP contribution in [0.2, 0.25) is 5.02 Å². The van der Waals surface area contributed by atoms with Crippen molar-refractivity contribution in [1.82, 2.24) is 5.01 Å². The molecule has 0 amide bonds. The zero-order valence-electron chi connectivity index (χ0n) is 15.7. The Balaban J connectivity index is 1.57. The highest BCUT2D eigenvalue weighted by atomic mass is 35.5. The van der Waals surface area contributed by atoms with E-state index < -0.39 is 12.0 Å². The molecule has 0 radical (unpaired) electrons. The van der Waals surface area contributed by atoms with Gasteiger partial charge in [-0.3, -0.25) is 0 Å². The SMILES string of the molecule is COc1ccc(C2=NN3[C@@H](C2)c2ccccc2O[C@H]3c2ccc(Cl)c(F)c2)cc1. The normalized spacial score (nSPS) is 19.8. The van der Waals surface area contributed by atoms with Crippen molar-refractivity contribution in [3.05, 3.63) is 94.3 Å². The van der Waals surface area contributed by atoms with Crippen LogP contribution in [0.15, 0.2) is 71.8 Å². The van der Waals surface area contributed by atoms with Gasteiger partial charge in [-0.15, -0.1) is 0 Å². The highest BCUT2D eigenvalue weighted by Crippen LogP contribution is 2.47. The summed E-state index contributed by atoms with van der Waals surface area (Å²) in [7, 11) is 1.65. The number of fused-ring (bicyclic) bond motifs is 3. The molecule has 2 atom stereocenters. The summed E-state index contributed by atoms with van der Waals surface area (Å²) in [6, 6.07) is 20.5. The summed E-state index contributed by atoms with van der Waals surface area (Å²) in [5.74, 6) is 1.12. The number of halogens is 2. The molecule has 0 aromatic heterocycles. The average molecular weight is 409 g/mol. The van der Waals surface area contributed by atoms with Gasteiger partial charge in [-0.25, -0.2) is 9.40 Å². The first kappa shape index (κ1) is 18.0. The van der Waals surface area contributed by atoms with Crippen molar-refractivity contribution in [1.29, 1.82) is 0 Å². The number of rotatable bonds is 3. The molecule has 6 heteroatoms. The second kappa shape index (κ2) is 7.08. The average Bonchev–Trinajstić information content (AvgIpc) is 3.21. The van der Waals surface area contributed by atoms with Gasteiger partial charge in [-0.2, -0.15) is 5.10 Å². The molecule has 2 aliphatic rings. The zero-order valence-corrected chi connectivity index (χ0v) is 16.4. The number of hydrazone groups is 1. The summed E-state index contributed by atoms with van der Waals surface area (Å²) in [5.41, 5.74) is 3.73. The van der Waals surface area contributed by atoms with Gasteiger partial charge in [0.1, 0.15) is 17.3 Å². The summed E-state index contributed by atoms with van der Waals surface area (Å²) in [4.78, 5) is 0. The van der Waals surface area contributed by atoms with E-state index in [1.165, 1.54) is 6.07 Å². The molecule has 0 aliphatic carbocycles. The third kappa shape index (κ3) is 3.12. The summed E-state index contributed by atoms with van der Waals surface area (Å²) < 4.78 is 25.6. The van der Waals surface area contributed by atoms with Crippen LogP contribution in [0.4, 0.5) is 4.39 Å². The molecule has 3 aromatic carbocycles. The van der Waals surface area contributed by atoms with Crippen molar-refractivity contribution < 1.29 is 13.9 Å². The molecule has 0 spiro atoms. The summed E-state index contributed by atoms with van der Waals surface area (Å²) in [5, 5.41) is 6.88. The lowest BCUT2D eigenvalue weighted by atomic mass is 9.96. The Hall–Kier alpha value is -3.05. The molecule has 0 bridgehead atoms. The van der Waals surface area contributed by atoms with Gasteiger partial charge in [-0.05, 0) is 48.0 Å². The van der Waals surface area contributed by atoms with Gasteiger partial charge in [0.25, 0.3) is 0 Å². The first-order chi connectivity index (χ1) is 14.1. The van der Waals surface area contributed by atoms with E-state index in [4.69, 9.17) is 26.2 Å². The Morgan fingerprint density at radius 2 is 1.90 bits per heavy atom. The highest BCUT2D eigenvalue weighted by molar-refractivity contribution is 6.30. The second-order valence-corrected chi connectivity index (χ2v) is 7.46. The molecule has 3 aromatic rings. The fraction of sp³-hybridized carbons (Fsp3) is 0.174. The van der Waals surface area contributed by atoms with E-state index in [0.29, 0.717) is 5.56 Å². The standard InChI is InChI=1S/C23H18ClFN2O2/c1-28-16-9-6-14(7-10-16)20-13-21-17-4-2-3-5-22(17)29-23(27(21)26-20)15-8-11-18(24)19(25)12-15/h2-12,21,23H,13H2,1H3/t21-,23-/m0/s1. The molecule has 5 rings (SSSR count). The van der Waals surface area contributed by atoms with Crippen molar-refractivity contribution >= 4 is 17.3 Å². The summed E-state index contributed by atoms with van der Waals surface area (Å²) >= 11 is 5.87. The monoisotopic (exact) mass is 408 g/mol. The molecule has 0 saturated carbocycles. The minimum absolute atomic E-state index is 0.0146. The quantitative estimate of drug-likeness (QED) is 0.555. The van der Waals surface area contributed by atoms with Crippen LogP contribution in [0, 0.1) is 5.82 Å². The zero-order chi connectivity index (χ0) is 20.0. The molecule has 2 aliphatic heterocycles. The Bertz CT molecular complexity index is 1100. The van der Waals surface area contributed by atoms with E-state index in [9.17, 15) is 4.39 Å². The van der Waals surface area contributed by atoms with Crippen molar-refractivity contribution in [2.24, 2.45) is 5.10 Å². The number of hydrogen-bond donors (Lipinski definition) is 0. The van der Waals surface area contributed by atoms with Gasteiger partial charge in [0.2, 0.25) is 6.23 Å². The van der Waals surface area contributed by atoms with Crippen LogP contribution in [0.5, 0.6) is 11.5 Å². The van der Waals surface area contributed by atoms with Gasteiger partial charge >= 0.3 is 0 Å². The third-order valence-corrected chi connectivity index (χ3v) is 5.66. The summed E-state index contributed by atoms with van der Waals surface area (Å²) in [6.45, 7) is 0. The maximum absolute atomic E-state index is 14.1. The van der Waals surface area contributed by atoms with E-state index in [1.807, 2.05) is 47.5 Å². The molecule has 2 heterocycles. The Labute approximate surface area is 173 Å². The van der Waals surface area contributed by atoms with Crippen LogP contribution in [0.1, 0.15) is 35.4 Å². The number of benzene rings is 3. The molecule has 0 N–H and O–H groups in total. The molecular formula is C23H18ClFN2O2. The first-order valence-corrected chi connectivity index (χ1v) is 9.72. The van der Waals surface area contributed by atoms with E-state index in [1.54, 1.807) is 19.2 Å². The van der Waals surface area contributed by atoms with E-state index >= 15 is 0 Å². The van der Waals surface area contributed by atoms with Crippen LogP contribution in [0.3, 0.4) is 0 Å². The smallest absolute Gasteiger partial charge is 0.213 e. The van der Waals surface area contributed by atoms with Gasteiger partial charge < -0.3 is 9.47 Å². The predicted molar refractivity (Wildman–Crippen MR) is 110 cm³/mol. The maximum Gasteiger partial charge on any atom is 0.213 e. The number of hydrogen-bond acceptors (Lipinski definition) is 4. The molecule has 29 heavy (non-hydrogen) atoms. The van der Waals surface area contributed by atoms with E-state index in [2.05, 4.69) is 6.07 Å². The third-order valence-electron chi connectivity index (χ3n) is 5.35. The summed E-state index contributed by atoms with van der Waals surface area (Å²) in [6.07, 6.45) is 0.205. The van der Waals surface area contributed by atoms with Crippen molar-refractivity contribution in [2.75, 3.05) is 7.11 Å². The van der Waals surface area contributed by atoms with Gasteiger partial charge in [-0.1, -0.05) is 35.9 Å². The first-order valence-electron chi connectivity index (χ1n) is 9.35. The Morgan fingerprint density at radius 1 is 1.10 bits per heavy atom. The minimum atomic E-state index is -0.530. The van der Waals surface area contributed by atoms with Crippen LogP contribution in [-0.4, -0.2) is 17.8 Å². The van der Waals surface area contributed by atoms with E-state index in [-0.39, 0.29) is 11.1 Å². The molecule has 4 nitrogen and oxygen atoms in total. The fourth-order valence-corrected chi connectivity index (χ4v) is 4.00. The highest BCUT2D eigenvalue weighted by Gasteiger charge is 2.41. The molecule has 0 unspecified atom stereocenters. The Kier molecular flexibility index (Phi) is 4.40. The minimum Gasteiger partial charge on any atom is -0.497 e. The maximum atomic E-state index is 14.1. The van der Waals surface area contributed by atoms with Crippen LogP contribution >= 0.6 is 11.6 Å². The van der Waals surface area contributed by atoms with Crippen molar-refractivity contribution in [3.8, 4) is 11.5 Å². The lowest BCUT2D eigenvalue weighted by molar-refractivity contribution is -0.0192. The van der Waals surface area contributed by atoms with Crippen molar-refractivity contribution in [3.63, 3.8) is 0 Å². The second-order valence-electron chi connectivity index (χ2n) is 7.06. The number of para-hydroxylation sites is 1. The predicted octanol–water partition coefficient (Wildman–Crippen LogP) is 5.73. The van der Waals surface area contributed by atoms with Crippen LogP contribution in [0.25, 0.3) is 0 Å². The molecule has 0 fully saturated rings. The van der Waals surface area contributed by atoms with E-state index in [0.717, 1.165) is 34.8 Å². The van der Waals surface area contributed by atoms with Crippen LogP contribution < -0.4 is 9.47 Å². The van der Waals surface area contributed by atoms with Gasteiger partial charge in [0.05, 0.1) is 23.9 Å². The number of ether oxygens (including phenoxy) is 2. The topological polar surface area (TPSA) is 34.1 Å². The molecule has 146 valence electrons. The van der Waals surface area contributed by atoms with Crippen molar-refractivity contribution in [2.45, 2.75) is 18.7 Å². The number of nitrogens with zero attached hydrogens (tertiary/aromatic N) is 2. The lowest BCUT2D eigenvalue weighted by Crippen LogP contribution is -2.33.